The van der Waals surface area contributed by atoms with Crippen LogP contribution >= 0.6 is 11.6 Å². The van der Waals surface area contributed by atoms with Crippen LogP contribution in [0.2, 0.25) is 5.02 Å². The summed E-state index contributed by atoms with van der Waals surface area (Å²) in [4.78, 5) is 20.9. The number of carbonyl (C=O) groups excluding carboxylic acids is 1. The minimum absolute atomic E-state index is 0.0379. The normalized spacial score (nSPS) is 15.4. The van der Waals surface area contributed by atoms with Crippen LogP contribution in [-0.4, -0.2) is 47.4 Å². The fraction of sp³-hybridized carbons (Fsp3) is 0.364. The van der Waals surface area contributed by atoms with Crippen molar-refractivity contribution in [2.24, 2.45) is 0 Å². The van der Waals surface area contributed by atoms with Crippen LogP contribution in [0.4, 0.5) is 4.39 Å². The molecule has 1 aliphatic rings. The van der Waals surface area contributed by atoms with Gasteiger partial charge in [0.2, 0.25) is 5.91 Å². The SMILES string of the molecule is CN(CC(=O)N1CCC(c2nc3ccccc3o2)CC1)Cc1c(F)cccc1Cl. The molecule has 0 radical (unpaired) electrons. The van der Waals surface area contributed by atoms with Crippen molar-refractivity contribution in [2.75, 3.05) is 26.7 Å². The van der Waals surface area contributed by atoms with Gasteiger partial charge in [-0.2, -0.15) is 0 Å². The van der Waals surface area contributed by atoms with Gasteiger partial charge in [-0.15, -0.1) is 0 Å². The lowest BCUT2D eigenvalue weighted by molar-refractivity contribution is -0.133. The Morgan fingerprint density at radius 2 is 2.00 bits per heavy atom. The number of rotatable bonds is 5. The zero-order valence-corrected chi connectivity index (χ0v) is 17.0. The van der Waals surface area contributed by atoms with Crippen molar-refractivity contribution in [1.82, 2.24) is 14.8 Å². The molecular weight excluding hydrogens is 393 g/mol. The summed E-state index contributed by atoms with van der Waals surface area (Å²) in [6.45, 7) is 1.84. The van der Waals surface area contributed by atoms with Crippen LogP contribution in [0.5, 0.6) is 0 Å². The molecule has 3 aromatic rings. The first-order valence-corrected chi connectivity index (χ1v) is 10.1. The van der Waals surface area contributed by atoms with Crippen molar-refractivity contribution in [3.63, 3.8) is 0 Å². The number of halogens is 2. The molecule has 4 rings (SSSR count). The number of oxazole rings is 1. The highest BCUT2D eigenvalue weighted by Crippen LogP contribution is 2.30. The van der Waals surface area contributed by atoms with Gasteiger partial charge >= 0.3 is 0 Å². The fourth-order valence-electron chi connectivity index (χ4n) is 3.78. The van der Waals surface area contributed by atoms with Crippen molar-refractivity contribution in [3.05, 3.63) is 64.8 Å². The monoisotopic (exact) mass is 415 g/mol. The van der Waals surface area contributed by atoms with Gasteiger partial charge in [-0.05, 0) is 44.2 Å². The van der Waals surface area contributed by atoms with Gasteiger partial charge in [-0.1, -0.05) is 29.8 Å². The Balaban J connectivity index is 1.31. The maximum atomic E-state index is 14.0. The molecule has 1 fully saturated rings. The zero-order valence-electron chi connectivity index (χ0n) is 16.3. The van der Waals surface area contributed by atoms with Gasteiger partial charge in [0.1, 0.15) is 11.3 Å². The van der Waals surface area contributed by atoms with Crippen LogP contribution in [0.3, 0.4) is 0 Å². The lowest BCUT2D eigenvalue weighted by atomic mass is 9.96. The van der Waals surface area contributed by atoms with E-state index in [-0.39, 0.29) is 30.7 Å². The molecule has 0 bridgehead atoms. The number of piperidine rings is 1. The number of likely N-dealkylation sites (N-methyl/N-ethyl adjacent to an activating group) is 1. The lowest BCUT2D eigenvalue weighted by Gasteiger charge is -2.32. The van der Waals surface area contributed by atoms with Crippen molar-refractivity contribution in [2.45, 2.75) is 25.3 Å². The van der Waals surface area contributed by atoms with Crippen molar-refractivity contribution in [3.8, 4) is 0 Å². The van der Waals surface area contributed by atoms with Crippen molar-refractivity contribution < 1.29 is 13.6 Å². The molecule has 0 unspecified atom stereocenters. The number of hydrogen-bond donors (Lipinski definition) is 0. The van der Waals surface area contributed by atoms with Gasteiger partial charge in [-0.3, -0.25) is 9.69 Å². The maximum absolute atomic E-state index is 14.0. The summed E-state index contributed by atoms with van der Waals surface area (Å²) >= 11 is 6.09. The van der Waals surface area contributed by atoms with Gasteiger partial charge in [0.15, 0.2) is 11.5 Å². The fourth-order valence-corrected chi connectivity index (χ4v) is 4.00. The minimum Gasteiger partial charge on any atom is -0.440 e. The smallest absolute Gasteiger partial charge is 0.236 e. The van der Waals surface area contributed by atoms with E-state index >= 15 is 0 Å². The summed E-state index contributed by atoms with van der Waals surface area (Å²) in [6.07, 6.45) is 1.64. The van der Waals surface area contributed by atoms with Crippen LogP contribution in [0.1, 0.15) is 30.2 Å². The highest BCUT2D eigenvalue weighted by Gasteiger charge is 2.27. The third-order valence-electron chi connectivity index (χ3n) is 5.40. The van der Waals surface area contributed by atoms with E-state index in [0.29, 0.717) is 23.7 Å². The van der Waals surface area contributed by atoms with E-state index < -0.39 is 0 Å². The summed E-state index contributed by atoms with van der Waals surface area (Å²) in [6, 6.07) is 12.4. The predicted molar refractivity (Wildman–Crippen MR) is 110 cm³/mol. The zero-order chi connectivity index (χ0) is 20.4. The van der Waals surface area contributed by atoms with E-state index in [2.05, 4.69) is 4.98 Å². The number of fused-ring (bicyclic) bond motifs is 1. The Bertz CT molecular complexity index is 961. The molecule has 5 nitrogen and oxygen atoms in total. The summed E-state index contributed by atoms with van der Waals surface area (Å²) < 4.78 is 19.8. The second-order valence-electron chi connectivity index (χ2n) is 7.55. The standard InChI is InChI=1S/C22H23ClFN3O2/c1-26(13-16-17(23)5-4-6-18(16)24)14-21(28)27-11-9-15(10-12-27)22-25-19-7-2-3-8-20(19)29-22/h2-8,15H,9-14H2,1H3. The molecule has 1 aromatic heterocycles. The molecule has 29 heavy (non-hydrogen) atoms. The molecule has 1 aliphatic heterocycles. The van der Waals surface area contributed by atoms with Crippen LogP contribution < -0.4 is 0 Å². The quantitative estimate of drug-likeness (QED) is 0.617. The highest BCUT2D eigenvalue weighted by molar-refractivity contribution is 6.31. The molecule has 0 saturated carbocycles. The van der Waals surface area contributed by atoms with E-state index in [0.717, 1.165) is 29.8 Å². The van der Waals surface area contributed by atoms with Crippen LogP contribution in [-0.2, 0) is 11.3 Å². The topological polar surface area (TPSA) is 49.6 Å². The van der Waals surface area contributed by atoms with Crippen LogP contribution in [0.25, 0.3) is 11.1 Å². The highest BCUT2D eigenvalue weighted by atomic mass is 35.5. The number of para-hydroxylation sites is 2. The average molecular weight is 416 g/mol. The third kappa shape index (κ3) is 4.43. The first-order chi connectivity index (χ1) is 14.0. The molecule has 2 aromatic carbocycles. The summed E-state index contributed by atoms with van der Waals surface area (Å²) in [5, 5.41) is 0.378. The third-order valence-corrected chi connectivity index (χ3v) is 5.76. The maximum Gasteiger partial charge on any atom is 0.236 e. The minimum atomic E-state index is -0.351. The largest absolute Gasteiger partial charge is 0.440 e. The number of likely N-dealkylation sites (tertiary alicyclic amines) is 1. The molecular formula is C22H23ClFN3O2. The number of amides is 1. The molecule has 0 N–H and O–H groups in total. The van der Waals surface area contributed by atoms with Crippen molar-refractivity contribution in [1.29, 1.82) is 0 Å². The Labute approximate surface area is 174 Å². The molecule has 0 atom stereocenters. The molecule has 1 saturated heterocycles. The predicted octanol–water partition coefficient (Wildman–Crippen LogP) is 4.46. The van der Waals surface area contributed by atoms with E-state index in [1.54, 1.807) is 24.1 Å². The molecule has 152 valence electrons. The first-order valence-electron chi connectivity index (χ1n) is 9.76. The Morgan fingerprint density at radius 3 is 2.72 bits per heavy atom. The molecule has 0 aliphatic carbocycles. The number of carbonyl (C=O) groups is 1. The Kier molecular flexibility index (Phi) is 5.83. The summed E-state index contributed by atoms with van der Waals surface area (Å²) in [7, 11) is 1.80. The Hall–Kier alpha value is -2.44. The number of benzene rings is 2. The lowest BCUT2D eigenvalue weighted by Crippen LogP contribution is -2.43. The van der Waals surface area contributed by atoms with Gasteiger partial charge in [0.25, 0.3) is 0 Å². The number of hydrogen-bond acceptors (Lipinski definition) is 4. The van der Waals surface area contributed by atoms with E-state index in [9.17, 15) is 9.18 Å². The van der Waals surface area contributed by atoms with E-state index in [4.69, 9.17) is 16.0 Å². The molecule has 7 heteroatoms. The van der Waals surface area contributed by atoms with Gasteiger partial charge in [0, 0.05) is 36.1 Å². The average Bonchev–Trinajstić information content (AvgIpc) is 3.15. The molecule has 2 heterocycles. The Morgan fingerprint density at radius 1 is 1.24 bits per heavy atom. The summed E-state index contributed by atoms with van der Waals surface area (Å²) in [5.74, 6) is 0.665. The first kappa shape index (κ1) is 19.9. The van der Waals surface area contributed by atoms with Crippen molar-refractivity contribution >= 4 is 28.6 Å². The van der Waals surface area contributed by atoms with Gasteiger partial charge in [-0.25, -0.2) is 9.37 Å². The van der Waals surface area contributed by atoms with Gasteiger partial charge < -0.3 is 9.32 Å². The second-order valence-corrected chi connectivity index (χ2v) is 7.95. The molecule has 1 amide bonds. The van der Waals surface area contributed by atoms with E-state index in [1.165, 1.54) is 6.07 Å². The second kappa shape index (κ2) is 8.51. The number of aromatic nitrogens is 1. The van der Waals surface area contributed by atoms with Crippen LogP contribution in [0, 0.1) is 5.82 Å². The summed E-state index contributed by atoms with van der Waals surface area (Å²) in [5.41, 5.74) is 2.09. The van der Waals surface area contributed by atoms with Gasteiger partial charge in [0.05, 0.1) is 6.54 Å². The molecule has 0 spiro atoms. The number of nitrogens with zero attached hydrogens (tertiary/aromatic N) is 3. The van der Waals surface area contributed by atoms with Crippen LogP contribution in [0.15, 0.2) is 46.9 Å². The van der Waals surface area contributed by atoms with E-state index in [1.807, 2.05) is 29.2 Å².